The number of aromatic nitrogens is 3. The molecular formula is C13H16N4OS. The molecule has 0 bridgehead atoms. The molecule has 1 aliphatic heterocycles. The molecule has 0 radical (unpaired) electrons. The molecule has 1 fully saturated rings. The van der Waals surface area contributed by atoms with E-state index in [1.165, 1.54) is 5.56 Å². The van der Waals surface area contributed by atoms with Crippen LogP contribution in [0.4, 0.5) is 0 Å². The topological polar surface area (TPSA) is 52.0 Å². The normalized spacial score (nSPS) is 22.6. The molecule has 0 amide bonds. The van der Waals surface area contributed by atoms with Crippen LogP contribution in [0.1, 0.15) is 5.56 Å². The number of ether oxygens (including phenoxy) is 1. The molecule has 0 aliphatic carbocycles. The summed E-state index contributed by atoms with van der Waals surface area (Å²) < 4.78 is 7.09. The molecule has 1 aromatic carbocycles. The predicted molar refractivity (Wildman–Crippen MR) is 75.2 cm³/mol. The zero-order valence-corrected chi connectivity index (χ0v) is 11.6. The molecule has 1 N–H and O–H groups in total. The second-order valence-electron chi connectivity index (χ2n) is 4.42. The molecule has 1 aromatic heterocycles. The molecule has 1 unspecified atom stereocenters. The van der Waals surface area contributed by atoms with Crippen molar-refractivity contribution < 1.29 is 4.74 Å². The van der Waals surface area contributed by atoms with Gasteiger partial charge in [0.2, 0.25) is 0 Å². The van der Waals surface area contributed by atoms with E-state index in [4.69, 9.17) is 4.74 Å². The predicted octanol–water partition coefficient (Wildman–Crippen LogP) is 1.48. The molecule has 2 aromatic rings. The largest absolute Gasteiger partial charge is 0.497 e. The quantitative estimate of drug-likeness (QED) is 0.916. The lowest BCUT2D eigenvalue weighted by Gasteiger charge is -2.29. The van der Waals surface area contributed by atoms with Crippen LogP contribution < -0.4 is 10.1 Å². The number of hydrogen-bond donors (Lipinski definition) is 1. The van der Waals surface area contributed by atoms with Gasteiger partial charge in [0.1, 0.15) is 23.3 Å². The summed E-state index contributed by atoms with van der Waals surface area (Å²) in [6, 6.07) is 8.22. The highest BCUT2D eigenvalue weighted by Gasteiger charge is 2.36. The first kappa shape index (κ1) is 12.5. The van der Waals surface area contributed by atoms with E-state index >= 15 is 0 Å². The van der Waals surface area contributed by atoms with E-state index in [2.05, 4.69) is 27.5 Å². The van der Waals surface area contributed by atoms with E-state index < -0.39 is 0 Å². The molecular weight excluding hydrogens is 260 g/mol. The lowest BCUT2D eigenvalue weighted by atomic mass is 10.1. The second-order valence-corrected chi connectivity index (χ2v) is 5.82. The Hall–Kier alpha value is -1.53. The number of hydrogen-bond acceptors (Lipinski definition) is 5. The summed E-state index contributed by atoms with van der Waals surface area (Å²) in [4.78, 5) is 3.89. The SMILES string of the molecule is COc1ccc(C2(Cn3cncn3)NCCS2)cc1. The zero-order chi connectivity index (χ0) is 13.1. The number of methoxy groups -OCH3 is 1. The van der Waals surface area contributed by atoms with Crippen molar-refractivity contribution in [3.63, 3.8) is 0 Å². The Morgan fingerprint density at radius 3 is 2.84 bits per heavy atom. The van der Waals surface area contributed by atoms with Gasteiger partial charge in [0, 0.05) is 12.3 Å². The van der Waals surface area contributed by atoms with Crippen molar-refractivity contribution in [3.05, 3.63) is 42.5 Å². The van der Waals surface area contributed by atoms with E-state index in [-0.39, 0.29) is 4.87 Å². The van der Waals surface area contributed by atoms with Crippen LogP contribution in [-0.4, -0.2) is 34.2 Å². The Balaban J connectivity index is 1.90. The molecule has 1 saturated heterocycles. The Morgan fingerprint density at radius 2 is 2.26 bits per heavy atom. The summed E-state index contributed by atoms with van der Waals surface area (Å²) in [6.07, 6.45) is 3.33. The van der Waals surface area contributed by atoms with Gasteiger partial charge in [0.05, 0.1) is 13.7 Å². The minimum atomic E-state index is -0.125. The molecule has 1 aliphatic rings. The third-order valence-corrected chi connectivity index (χ3v) is 4.68. The maximum Gasteiger partial charge on any atom is 0.137 e. The number of nitrogens with one attached hydrogen (secondary N) is 1. The van der Waals surface area contributed by atoms with Crippen molar-refractivity contribution >= 4 is 11.8 Å². The molecule has 5 nitrogen and oxygen atoms in total. The molecule has 0 spiro atoms. The van der Waals surface area contributed by atoms with Gasteiger partial charge in [0.15, 0.2) is 0 Å². The third-order valence-electron chi connectivity index (χ3n) is 3.27. The van der Waals surface area contributed by atoms with Gasteiger partial charge in [-0.05, 0) is 17.7 Å². The van der Waals surface area contributed by atoms with Crippen LogP contribution in [0.5, 0.6) is 5.75 Å². The van der Waals surface area contributed by atoms with Gasteiger partial charge >= 0.3 is 0 Å². The maximum absolute atomic E-state index is 5.22. The lowest BCUT2D eigenvalue weighted by Crippen LogP contribution is -2.38. The number of benzene rings is 1. The average Bonchev–Trinajstić information content (AvgIpc) is 3.12. The Bertz CT molecular complexity index is 520. The van der Waals surface area contributed by atoms with Crippen molar-refractivity contribution in [3.8, 4) is 5.75 Å². The fourth-order valence-corrected chi connectivity index (χ4v) is 3.59. The van der Waals surface area contributed by atoms with Crippen LogP contribution in [0, 0.1) is 0 Å². The third kappa shape index (κ3) is 2.46. The minimum Gasteiger partial charge on any atom is -0.497 e. The number of thioether (sulfide) groups is 1. The molecule has 6 heteroatoms. The highest BCUT2D eigenvalue weighted by atomic mass is 32.2. The van der Waals surface area contributed by atoms with E-state index in [0.717, 1.165) is 24.6 Å². The van der Waals surface area contributed by atoms with E-state index in [9.17, 15) is 0 Å². The first-order valence-electron chi connectivity index (χ1n) is 6.18. The molecule has 19 heavy (non-hydrogen) atoms. The second kappa shape index (κ2) is 5.22. The molecule has 0 saturated carbocycles. The van der Waals surface area contributed by atoms with Crippen molar-refractivity contribution in [2.75, 3.05) is 19.4 Å². The summed E-state index contributed by atoms with van der Waals surface area (Å²) in [6.45, 7) is 1.77. The summed E-state index contributed by atoms with van der Waals surface area (Å²) >= 11 is 1.91. The highest BCUT2D eigenvalue weighted by Crippen LogP contribution is 2.39. The number of rotatable bonds is 4. The van der Waals surface area contributed by atoms with E-state index in [0.29, 0.717) is 0 Å². The van der Waals surface area contributed by atoms with Gasteiger partial charge in [-0.15, -0.1) is 11.8 Å². The molecule has 1 atom stereocenters. The average molecular weight is 276 g/mol. The Kier molecular flexibility index (Phi) is 3.44. The van der Waals surface area contributed by atoms with Gasteiger partial charge in [0.25, 0.3) is 0 Å². The van der Waals surface area contributed by atoms with E-state index in [1.54, 1.807) is 19.8 Å². The molecule has 3 rings (SSSR count). The van der Waals surface area contributed by atoms with Crippen molar-refractivity contribution in [2.24, 2.45) is 0 Å². The summed E-state index contributed by atoms with van der Waals surface area (Å²) in [5.74, 6) is 1.98. The van der Waals surface area contributed by atoms with Gasteiger partial charge in [-0.1, -0.05) is 12.1 Å². The van der Waals surface area contributed by atoms with Gasteiger partial charge in [-0.2, -0.15) is 5.10 Å². The number of nitrogens with zero attached hydrogens (tertiary/aromatic N) is 3. The van der Waals surface area contributed by atoms with Crippen LogP contribution >= 0.6 is 11.8 Å². The lowest BCUT2D eigenvalue weighted by molar-refractivity contribution is 0.409. The van der Waals surface area contributed by atoms with Gasteiger partial charge in [-0.3, -0.25) is 5.32 Å². The first-order valence-corrected chi connectivity index (χ1v) is 7.17. The Labute approximate surface area is 116 Å². The summed E-state index contributed by atoms with van der Waals surface area (Å²) in [7, 11) is 1.68. The molecule has 100 valence electrons. The molecule has 2 heterocycles. The zero-order valence-electron chi connectivity index (χ0n) is 10.7. The monoisotopic (exact) mass is 276 g/mol. The van der Waals surface area contributed by atoms with Crippen molar-refractivity contribution in [1.29, 1.82) is 0 Å². The van der Waals surface area contributed by atoms with E-state index in [1.807, 2.05) is 28.6 Å². The van der Waals surface area contributed by atoms with Gasteiger partial charge in [-0.25, -0.2) is 9.67 Å². The highest BCUT2D eigenvalue weighted by molar-refractivity contribution is 8.00. The minimum absolute atomic E-state index is 0.125. The van der Waals surface area contributed by atoms with Crippen LogP contribution in [0.25, 0.3) is 0 Å². The summed E-state index contributed by atoms with van der Waals surface area (Å²) in [5, 5.41) is 7.81. The van der Waals surface area contributed by atoms with Crippen LogP contribution in [0.3, 0.4) is 0 Å². The van der Waals surface area contributed by atoms with Crippen molar-refractivity contribution in [1.82, 2.24) is 20.1 Å². The summed E-state index contributed by atoms with van der Waals surface area (Å²) in [5.41, 5.74) is 1.24. The smallest absolute Gasteiger partial charge is 0.137 e. The fraction of sp³-hybridized carbons (Fsp3) is 0.385. The van der Waals surface area contributed by atoms with Crippen molar-refractivity contribution in [2.45, 2.75) is 11.4 Å². The van der Waals surface area contributed by atoms with Gasteiger partial charge < -0.3 is 4.74 Å². The maximum atomic E-state index is 5.22. The fourth-order valence-electron chi connectivity index (χ4n) is 2.31. The van der Waals surface area contributed by atoms with Crippen LogP contribution in [0.2, 0.25) is 0 Å². The first-order chi connectivity index (χ1) is 9.32. The van der Waals surface area contributed by atoms with Crippen LogP contribution in [0.15, 0.2) is 36.9 Å². The standard InChI is InChI=1S/C13H16N4OS/c1-18-12-4-2-11(3-5-12)13(15-6-7-19-13)8-17-10-14-9-16-17/h2-5,9-10,15H,6-8H2,1H3. The Morgan fingerprint density at radius 1 is 1.42 bits per heavy atom. The van der Waals surface area contributed by atoms with Crippen LogP contribution in [-0.2, 0) is 11.4 Å².